The van der Waals surface area contributed by atoms with Crippen LogP contribution in [0, 0.1) is 45.3 Å². The molecule has 4 saturated carbocycles. The molecular weight excluding hydrogens is 836 g/mol. The number of aliphatic hydroxyl groups excluding tert-OH is 10. The van der Waals surface area contributed by atoms with Gasteiger partial charge >= 0.3 is 0 Å². The van der Waals surface area contributed by atoms with Crippen molar-refractivity contribution in [2.45, 2.75) is 217 Å². The molecule has 3 heterocycles. The number of allylic oxidation sites excluding steroid dienone is 2. The summed E-state index contributed by atoms with van der Waals surface area (Å²) in [7, 11) is 0. The molecule has 11 N–H and O–H groups in total. The van der Waals surface area contributed by atoms with E-state index >= 15 is 0 Å². The van der Waals surface area contributed by atoms with Crippen LogP contribution in [-0.4, -0.2) is 180 Å². The zero-order valence-electron chi connectivity index (χ0n) is 39.0. The standard InChI is InChI=1S/C47H80O17/c1-22(2)10-9-14-47(8,58)23-11-16-46(7)31(23)24(50)18-29-44(5)15-13-30(43(3,4)28(44)12-17-45(29,46)6)62-41-38(35(55)33(53)26(19-48)60-41)64-42-39(36(56)34(54)27(20-49)61-42)63-40-37(57)32(52)25(51)21-59-40/h10,23-42,48-58H,9,11-21H2,1-8H3/t23-,24+,25+,26+,27+,28-,29+,30-,31-,32-,33+,34+,35-,36-,37+,38+,39+,40-,41-,42-,44-,45+,46+,47+/m1/s1. The van der Waals surface area contributed by atoms with Crippen LogP contribution in [0.3, 0.4) is 0 Å². The lowest BCUT2D eigenvalue weighted by atomic mass is 9.35. The lowest BCUT2D eigenvalue weighted by Gasteiger charge is -2.70. The Bertz CT molecular complexity index is 1630. The van der Waals surface area contributed by atoms with Crippen LogP contribution in [0.1, 0.15) is 113 Å². The fourth-order valence-electron chi connectivity index (χ4n) is 14.5. The molecule has 370 valence electrons. The van der Waals surface area contributed by atoms with Gasteiger partial charge in [-0.3, -0.25) is 0 Å². The molecule has 0 radical (unpaired) electrons. The van der Waals surface area contributed by atoms with E-state index in [-0.39, 0.29) is 39.9 Å². The molecule has 17 nitrogen and oxygen atoms in total. The van der Waals surface area contributed by atoms with Crippen molar-refractivity contribution in [2.24, 2.45) is 45.3 Å². The molecule has 4 aliphatic carbocycles. The molecule has 3 saturated heterocycles. The molecule has 0 aromatic heterocycles. The highest BCUT2D eigenvalue weighted by Crippen LogP contribution is 2.76. The van der Waals surface area contributed by atoms with E-state index in [2.05, 4.69) is 54.5 Å². The van der Waals surface area contributed by atoms with Gasteiger partial charge in [0, 0.05) is 0 Å². The van der Waals surface area contributed by atoms with Crippen molar-refractivity contribution >= 4 is 0 Å². The third kappa shape index (κ3) is 8.60. The van der Waals surface area contributed by atoms with Gasteiger partial charge in [-0.15, -0.1) is 0 Å². The average Bonchev–Trinajstić information content (AvgIpc) is 3.62. The van der Waals surface area contributed by atoms with Gasteiger partial charge in [0.1, 0.15) is 67.1 Å². The molecule has 24 atom stereocenters. The maximum absolute atomic E-state index is 12.3. The highest BCUT2D eigenvalue weighted by Gasteiger charge is 2.71. The monoisotopic (exact) mass is 917 g/mol. The minimum atomic E-state index is -1.83. The first kappa shape index (κ1) is 50.9. The van der Waals surface area contributed by atoms with Gasteiger partial charge in [-0.2, -0.15) is 0 Å². The van der Waals surface area contributed by atoms with E-state index < -0.39 is 129 Å². The Labute approximate surface area is 377 Å². The third-order valence-electron chi connectivity index (χ3n) is 18.3. The van der Waals surface area contributed by atoms with Crippen molar-refractivity contribution in [3.8, 4) is 0 Å². The van der Waals surface area contributed by atoms with Crippen LogP contribution in [0.5, 0.6) is 0 Å². The zero-order chi connectivity index (χ0) is 47.1. The second-order valence-corrected chi connectivity index (χ2v) is 22.5. The van der Waals surface area contributed by atoms with E-state index in [0.29, 0.717) is 19.3 Å². The van der Waals surface area contributed by atoms with Gasteiger partial charge in [0.15, 0.2) is 18.9 Å². The predicted molar refractivity (Wildman–Crippen MR) is 228 cm³/mol. The Morgan fingerprint density at radius 2 is 1.22 bits per heavy atom. The van der Waals surface area contributed by atoms with Crippen molar-refractivity contribution < 1.29 is 84.6 Å². The third-order valence-corrected chi connectivity index (χ3v) is 18.3. The smallest absolute Gasteiger partial charge is 0.187 e. The molecular formula is C47H80O17. The fourth-order valence-corrected chi connectivity index (χ4v) is 14.5. The van der Waals surface area contributed by atoms with Crippen LogP contribution in [0.2, 0.25) is 0 Å². The highest BCUT2D eigenvalue weighted by molar-refractivity contribution is 5.20. The number of ether oxygens (including phenoxy) is 6. The summed E-state index contributed by atoms with van der Waals surface area (Å²) in [5.74, 6) is 0.264. The highest BCUT2D eigenvalue weighted by atomic mass is 16.8. The molecule has 7 aliphatic rings. The lowest BCUT2D eigenvalue weighted by Crippen LogP contribution is -2.68. The van der Waals surface area contributed by atoms with Gasteiger partial charge < -0.3 is 84.6 Å². The summed E-state index contributed by atoms with van der Waals surface area (Å²) >= 11 is 0. The molecule has 0 amide bonds. The van der Waals surface area contributed by atoms with Gasteiger partial charge in [0.25, 0.3) is 0 Å². The van der Waals surface area contributed by atoms with E-state index in [0.717, 1.165) is 38.5 Å². The van der Waals surface area contributed by atoms with Gasteiger partial charge in [-0.25, -0.2) is 0 Å². The molecule has 0 spiro atoms. The van der Waals surface area contributed by atoms with Crippen molar-refractivity contribution in [3.63, 3.8) is 0 Å². The molecule has 0 bridgehead atoms. The molecule has 0 aromatic rings. The van der Waals surface area contributed by atoms with Crippen molar-refractivity contribution in [3.05, 3.63) is 11.6 Å². The van der Waals surface area contributed by atoms with Crippen LogP contribution >= 0.6 is 0 Å². The first-order valence-corrected chi connectivity index (χ1v) is 23.8. The summed E-state index contributed by atoms with van der Waals surface area (Å²) in [4.78, 5) is 0. The minimum absolute atomic E-state index is 0.0120. The number of hydrogen-bond donors (Lipinski definition) is 11. The van der Waals surface area contributed by atoms with Crippen LogP contribution in [0.15, 0.2) is 11.6 Å². The molecule has 0 unspecified atom stereocenters. The molecule has 17 heteroatoms. The summed E-state index contributed by atoms with van der Waals surface area (Å²) in [6, 6.07) is 0. The molecule has 7 rings (SSSR count). The van der Waals surface area contributed by atoms with E-state index in [4.69, 9.17) is 28.4 Å². The summed E-state index contributed by atoms with van der Waals surface area (Å²) in [6.07, 6.45) is -14.4. The van der Waals surface area contributed by atoms with E-state index in [9.17, 15) is 56.2 Å². The van der Waals surface area contributed by atoms with Gasteiger partial charge in [-0.1, -0.05) is 46.3 Å². The predicted octanol–water partition coefficient (Wildman–Crippen LogP) is 0.612. The lowest BCUT2D eigenvalue weighted by molar-refractivity contribution is -0.395. The number of hydrogen-bond acceptors (Lipinski definition) is 17. The summed E-state index contributed by atoms with van der Waals surface area (Å²) < 4.78 is 36.4. The fraction of sp³-hybridized carbons (Fsp3) is 0.957. The number of fused-ring (bicyclic) bond motifs is 5. The van der Waals surface area contributed by atoms with E-state index in [1.54, 1.807) is 0 Å². The Hall–Kier alpha value is -0.940. The summed E-state index contributed by atoms with van der Waals surface area (Å²) in [6.45, 7) is 15.7. The first-order valence-electron chi connectivity index (χ1n) is 23.8. The topological polar surface area (TPSA) is 278 Å². The number of aliphatic hydroxyl groups is 11. The average molecular weight is 917 g/mol. The first-order chi connectivity index (χ1) is 29.9. The Kier molecular flexibility index (Phi) is 14.9. The molecule has 7 fully saturated rings. The molecule has 0 aromatic carbocycles. The number of rotatable bonds is 12. The molecule has 64 heavy (non-hydrogen) atoms. The van der Waals surface area contributed by atoms with Gasteiger partial charge in [-0.05, 0) is 124 Å². The Morgan fingerprint density at radius 3 is 1.80 bits per heavy atom. The van der Waals surface area contributed by atoms with Crippen molar-refractivity contribution in [1.29, 1.82) is 0 Å². The van der Waals surface area contributed by atoms with E-state index in [1.807, 2.05) is 6.92 Å². The Balaban J connectivity index is 1.12. The molecule has 3 aliphatic heterocycles. The quantitative estimate of drug-likeness (QED) is 0.0946. The normalized spacial score (nSPS) is 52.5. The second-order valence-electron chi connectivity index (χ2n) is 22.5. The Morgan fingerprint density at radius 1 is 0.656 bits per heavy atom. The van der Waals surface area contributed by atoms with Crippen LogP contribution in [0.4, 0.5) is 0 Å². The second kappa shape index (κ2) is 18.8. The SMILES string of the molecule is CC(C)=CCC[C@](C)(O)[C@@H]1CC[C@@]2(C)[C@H]1[C@@H](O)C[C@H]1[C@]3(C)CC[C@@H](O[C@H]4O[C@@H](CO)[C@H](O)[C@@H](O)[C@@H]4O[C@H]4O[C@@H](CO)[C@H](O)[C@@H](O)[C@@H]4O[C@H]4OC[C@H](O)[C@@H](O)[C@@H]4O)C(C)(C)[C@H]3CC[C@@]12C. The zero-order valence-corrected chi connectivity index (χ0v) is 39.0. The van der Waals surface area contributed by atoms with Crippen LogP contribution in [-0.2, 0) is 28.4 Å². The van der Waals surface area contributed by atoms with Crippen LogP contribution < -0.4 is 0 Å². The van der Waals surface area contributed by atoms with Gasteiger partial charge in [0.2, 0.25) is 0 Å². The minimum Gasteiger partial charge on any atom is -0.394 e. The van der Waals surface area contributed by atoms with Gasteiger partial charge in [0.05, 0.1) is 37.6 Å². The van der Waals surface area contributed by atoms with E-state index in [1.165, 1.54) is 5.57 Å². The summed E-state index contributed by atoms with van der Waals surface area (Å²) in [5, 5.41) is 120. The van der Waals surface area contributed by atoms with Crippen molar-refractivity contribution in [2.75, 3.05) is 19.8 Å². The maximum atomic E-state index is 12.3. The largest absolute Gasteiger partial charge is 0.394 e. The van der Waals surface area contributed by atoms with Crippen LogP contribution in [0.25, 0.3) is 0 Å². The summed E-state index contributed by atoms with van der Waals surface area (Å²) in [5.41, 5.74) is -0.680. The van der Waals surface area contributed by atoms with Crippen molar-refractivity contribution in [1.82, 2.24) is 0 Å². The maximum Gasteiger partial charge on any atom is 0.187 e.